The summed E-state index contributed by atoms with van der Waals surface area (Å²) in [7, 11) is 1.67. The Morgan fingerprint density at radius 3 is 3.12 bits per heavy atom. The van der Waals surface area contributed by atoms with E-state index in [2.05, 4.69) is 17.0 Å². The molecule has 0 aliphatic heterocycles. The van der Waals surface area contributed by atoms with Gasteiger partial charge < -0.3 is 4.74 Å². The number of thiophene rings is 1. The molecule has 1 unspecified atom stereocenters. The van der Waals surface area contributed by atoms with E-state index in [9.17, 15) is 0 Å². The summed E-state index contributed by atoms with van der Waals surface area (Å²) in [6.07, 6.45) is 5.27. The molecule has 0 amide bonds. The fraction of sp³-hybridized carbons (Fsp3) is 0.316. The minimum Gasteiger partial charge on any atom is -0.497 e. The summed E-state index contributed by atoms with van der Waals surface area (Å²) in [5.41, 5.74) is 3.30. The first kappa shape index (κ1) is 14.8. The maximum Gasteiger partial charge on any atom is 0.182 e. The van der Waals surface area contributed by atoms with Crippen molar-refractivity contribution in [2.24, 2.45) is 5.92 Å². The van der Waals surface area contributed by atoms with Crippen LogP contribution in [0.3, 0.4) is 0 Å². The SMILES string of the molecule is COc1cccc(-c2nc3c4c5c(sc4ncn3n2)CC(C)CC5)c1. The third-order valence-electron chi connectivity index (χ3n) is 4.96. The van der Waals surface area contributed by atoms with E-state index in [1.165, 1.54) is 22.2 Å². The summed E-state index contributed by atoms with van der Waals surface area (Å²) < 4.78 is 7.13. The van der Waals surface area contributed by atoms with E-state index < -0.39 is 0 Å². The highest BCUT2D eigenvalue weighted by atomic mass is 32.1. The van der Waals surface area contributed by atoms with Crippen LogP contribution in [0.15, 0.2) is 30.6 Å². The molecule has 3 heterocycles. The van der Waals surface area contributed by atoms with Crippen molar-refractivity contribution in [3.63, 3.8) is 0 Å². The number of rotatable bonds is 2. The number of methoxy groups -OCH3 is 1. The summed E-state index contributed by atoms with van der Waals surface area (Å²) in [5, 5.41) is 5.83. The van der Waals surface area contributed by atoms with Crippen molar-refractivity contribution in [2.75, 3.05) is 7.11 Å². The van der Waals surface area contributed by atoms with Gasteiger partial charge in [-0.2, -0.15) is 0 Å². The Morgan fingerprint density at radius 2 is 2.24 bits per heavy atom. The zero-order valence-electron chi connectivity index (χ0n) is 14.2. The maximum absolute atomic E-state index is 5.32. The lowest BCUT2D eigenvalue weighted by atomic mass is 9.89. The Balaban J connectivity index is 1.72. The van der Waals surface area contributed by atoms with Crippen LogP contribution in [0.5, 0.6) is 5.75 Å². The van der Waals surface area contributed by atoms with Crippen molar-refractivity contribution in [3.8, 4) is 17.1 Å². The smallest absolute Gasteiger partial charge is 0.182 e. The van der Waals surface area contributed by atoms with E-state index in [1.807, 2.05) is 40.1 Å². The van der Waals surface area contributed by atoms with E-state index in [0.717, 1.165) is 40.6 Å². The molecule has 5 rings (SSSR count). The Labute approximate surface area is 149 Å². The third-order valence-corrected chi connectivity index (χ3v) is 6.12. The lowest BCUT2D eigenvalue weighted by Crippen LogP contribution is -2.08. The molecule has 25 heavy (non-hydrogen) atoms. The molecule has 4 aromatic rings. The molecular weight excluding hydrogens is 332 g/mol. The quantitative estimate of drug-likeness (QED) is 0.545. The monoisotopic (exact) mass is 350 g/mol. The highest BCUT2D eigenvalue weighted by molar-refractivity contribution is 7.19. The van der Waals surface area contributed by atoms with Crippen molar-refractivity contribution in [1.29, 1.82) is 0 Å². The minimum atomic E-state index is 0.706. The van der Waals surface area contributed by atoms with Gasteiger partial charge >= 0.3 is 0 Å². The molecule has 3 aromatic heterocycles. The van der Waals surface area contributed by atoms with Crippen LogP contribution in [0.1, 0.15) is 23.8 Å². The van der Waals surface area contributed by atoms with Gasteiger partial charge in [-0.25, -0.2) is 14.5 Å². The van der Waals surface area contributed by atoms with Gasteiger partial charge in [-0.15, -0.1) is 16.4 Å². The van der Waals surface area contributed by atoms with E-state index in [4.69, 9.17) is 9.72 Å². The number of aromatic nitrogens is 4. The van der Waals surface area contributed by atoms with Crippen molar-refractivity contribution in [3.05, 3.63) is 41.0 Å². The number of hydrogen-bond acceptors (Lipinski definition) is 5. The molecule has 0 radical (unpaired) electrons. The molecular formula is C19H18N4OS. The molecule has 1 atom stereocenters. The van der Waals surface area contributed by atoms with Gasteiger partial charge in [-0.1, -0.05) is 19.1 Å². The van der Waals surface area contributed by atoms with Gasteiger partial charge in [0, 0.05) is 10.4 Å². The molecule has 6 heteroatoms. The van der Waals surface area contributed by atoms with Gasteiger partial charge in [0.15, 0.2) is 11.5 Å². The van der Waals surface area contributed by atoms with Crippen molar-refractivity contribution >= 4 is 27.2 Å². The fourth-order valence-electron chi connectivity index (χ4n) is 3.62. The Morgan fingerprint density at radius 1 is 1.32 bits per heavy atom. The van der Waals surface area contributed by atoms with E-state index in [-0.39, 0.29) is 0 Å². The van der Waals surface area contributed by atoms with Crippen molar-refractivity contribution < 1.29 is 4.74 Å². The lowest BCUT2D eigenvalue weighted by molar-refractivity contribution is 0.415. The molecule has 0 saturated carbocycles. The van der Waals surface area contributed by atoms with Crippen LogP contribution in [0, 0.1) is 5.92 Å². The average molecular weight is 350 g/mol. The summed E-state index contributed by atoms with van der Waals surface area (Å²) in [6, 6.07) is 7.86. The second kappa shape index (κ2) is 5.52. The predicted octanol–water partition coefficient (Wildman–Crippen LogP) is 4.14. The van der Waals surface area contributed by atoms with Gasteiger partial charge in [0.25, 0.3) is 0 Å². The summed E-state index contributed by atoms with van der Waals surface area (Å²) in [5.74, 6) is 2.26. The molecule has 1 aliphatic rings. The highest BCUT2D eigenvalue weighted by Gasteiger charge is 2.23. The van der Waals surface area contributed by atoms with Gasteiger partial charge in [0.05, 0.1) is 12.5 Å². The van der Waals surface area contributed by atoms with E-state index in [1.54, 1.807) is 13.4 Å². The second-order valence-corrected chi connectivity index (χ2v) is 7.80. The maximum atomic E-state index is 5.32. The lowest BCUT2D eigenvalue weighted by Gasteiger charge is -2.17. The normalized spacial score (nSPS) is 17.1. The number of ether oxygens (including phenoxy) is 1. The molecule has 0 spiro atoms. The number of hydrogen-bond donors (Lipinski definition) is 0. The van der Waals surface area contributed by atoms with Crippen LogP contribution >= 0.6 is 11.3 Å². The summed E-state index contributed by atoms with van der Waals surface area (Å²) in [6.45, 7) is 2.33. The first-order valence-corrected chi connectivity index (χ1v) is 9.34. The molecule has 5 nitrogen and oxygen atoms in total. The molecule has 0 fully saturated rings. The predicted molar refractivity (Wildman–Crippen MR) is 99.3 cm³/mol. The molecule has 0 saturated heterocycles. The minimum absolute atomic E-state index is 0.706. The Hall–Kier alpha value is -2.47. The molecule has 0 N–H and O–H groups in total. The number of nitrogens with zero attached hydrogens (tertiary/aromatic N) is 4. The molecule has 0 bridgehead atoms. The first-order valence-electron chi connectivity index (χ1n) is 8.53. The average Bonchev–Trinajstić information content (AvgIpc) is 3.21. The highest BCUT2D eigenvalue weighted by Crippen LogP contribution is 2.38. The third kappa shape index (κ3) is 2.32. The van der Waals surface area contributed by atoms with Gasteiger partial charge in [0.2, 0.25) is 0 Å². The number of benzene rings is 1. The van der Waals surface area contributed by atoms with Crippen LogP contribution in [0.4, 0.5) is 0 Å². The number of fused-ring (bicyclic) bond motifs is 5. The van der Waals surface area contributed by atoms with Crippen LogP contribution in [0.2, 0.25) is 0 Å². The molecule has 1 aromatic carbocycles. The second-order valence-electron chi connectivity index (χ2n) is 6.71. The van der Waals surface area contributed by atoms with Crippen LogP contribution < -0.4 is 4.74 Å². The number of aryl methyl sites for hydroxylation is 1. The van der Waals surface area contributed by atoms with Crippen LogP contribution in [-0.4, -0.2) is 26.7 Å². The largest absolute Gasteiger partial charge is 0.497 e. The fourth-order valence-corrected chi connectivity index (χ4v) is 4.97. The van der Waals surface area contributed by atoms with Gasteiger partial charge in [0.1, 0.15) is 16.9 Å². The topological polar surface area (TPSA) is 52.3 Å². The first-order chi connectivity index (χ1) is 12.2. The molecule has 1 aliphatic carbocycles. The zero-order chi connectivity index (χ0) is 17.0. The standard InChI is InChI=1S/C19H18N4OS/c1-11-6-7-14-15(8-11)25-19-16(14)18-21-17(22-23(18)10-20-19)12-4-3-5-13(9-12)24-2/h3-5,9-11H,6-8H2,1-2H3. The van der Waals surface area contributed by atoms with Gasteiger partial charge in [-0.3, -0.25) is 0 Å². The molecule has 126 valence electrons. The van der Waals surface area contributed by atoms with E-state index >= 15 is 0 Å². The van der Waals surface area contributed by atoms with Crippen LogP contribution in [0.25, 0.3) is 27.3 Å². The van der Waals surface area contributed by atoms with E-state index in [0.29, 0.717) is 5.82 Å². The van der Waals surface area contributed by atoms with Crippen LogP contribution in [-0.2, 0) is 12.8 Å². The van der Waals surface area contributed by atoms with Crippen molar-refractivity contribution in [1.82, 2.24) is 19.6 Å². The Bertz CT molecular complexity index is 1100. The van der Waals surface area contributed by atoms with Crippen molar-refractivity contribution in [2.45, 2.75) is 26.2 Å². The summed E-state index contributed by atoms with van der Waals surface area (Å²) in [4.78, 5) is 12.0. The summed E-state index contributed by atoms with van der Waals surface area (Å²) >= 11 is 1.82. The zero-order valence-corrected chi connectivity index (χ0v) is 15.0. The Kier molecular flexibility index (Phi) is 3.28. The van der Waals surface area contributed by atoms with Gasteiger partial charge in [-0.05, 0) is 42.9 Å².